The quantitative estimate of drug-likeness (QED) is 0.316. The van der Waals surface area contributed by atoms with Gasteiger partial charge in [-0.15, -0.1) is 0 Å². The van der Waals surface area contributed by atoms with Gasteiger partial charge in [0, 0.05) is 47.5 Å². The molecule has 5 aromatic rings. The van der Waals surface area contributed by atoms with Crippen LogP contribution in [0.15, 0.2) is 84.9 Å². The molecule has 1 saturated heterocycles. The Bertz CT molecular complexity index is 1530. The van der Waals surface area contributed by atoms with Crippen molar-refractivity contribution in [1.29, 1.82) is 0 Å². The first-order chi connectivity index (χ1) is 18.2. The SMILES string of the molecule is COc1ccc(-c2nc(C(=O)NC3CCN(Cc4ccccc4)CC3)cc3c2[nH]c2ccccc23)cc1. The van der Waals surface area contributed by atoms with E-state index >= 15 is 0 Å². The first-order valence-corrected chi connectivity index (χ1v) is 12.8. The summed E-state index contributed by atoms with van der Waals surface area (Å²) in [6.07, 6.45) is 1.86. The maximum atomic E-state index is 13.5. The smallest absolute Gasteiger partial charge is 0.270 e. The molecule has 3 heterocycles. The molecule has 1 fully saturated rings. The molecule has 37 heavy (non-hydrogen) atoms. The number of piperidine rings is 1. The molecule has 2 aromatic heterocycles. The van der Waals surface area contributed by atoms with Crippen LogP contribution in [0.2, 0.25) is 0 Å². The second kappa shape index (κ2) is 10.1. The zero-order chi connectivity index (χ0) is 25.2. The summed E-state index contributed by atoms with van der Waals surface area (Å²) in [4.78, 5) is 24.3. The highest BCUT2D eigenvalue weighted by Gasteiger charge is 2.23. The molecule has 0 saturated carbocycles. The van der Waals surface area contributed by atoms with Crippen LogP contribution in [0.3, 0.4) is 0 Å². The van der Waals surface area contributed by atoms with Gasteiger partial charge >= 0.3 is 0 Å². The molecule has 6 heteroatoms. The first-order valence-electron chi connectivity index (χ1n) is 12.8. The van der Waals surface area contributed by atoms with Gasteiger partial charge in [0.25, 0.3) is 5.91 Å². The maximum absolute atomic E-state index is 13.5. The lowest BCUT2D eigenvalue weighted by Crippen LogP contribution is -2.44. The van der Waals surface area contributed by atoms with Crippen LogP contribution in [-0.4, -0.2) is 47.0 Å². The van der Waals surface area contributed by atoms with Crippen molar-refractivity contribution < 1.29 is 9.53 Å². The number of nitrogens with zero attached hydrogens (tertiary/aromatic N) is 2. The van der Waals surface area contributed by atoms with Gasteiger partial charge in [0.1, 0.15) is 11.4 Å². The number of fused-ring (bicyclic) bond motifs is 3. The van der Waals surface area contributed by atoms with E-state index in [0.29, 0.717) is 5.69 Å². The predicted molar refractivity (Wildman–Crippen MR) is 148 cm³/mol. The number of hydrogen-bond donors (Lipinski definition) is 2. The van der Waals surface area contributed by atoms with Crippen LogP contribution in [0.5, 0.6) is 5.75 Å². The van der Waals surface area contributed by atoms with E-state index < -0.39 is 0 Å². The highest BCUT2D eigenvalue weighted by Crippen LogP contribution is 2.33. The summed E-state index contributed by atoms with van der Waals surface area (Å²) in [7, 11) is 1.65. The summed E-state index contributed by atoms with van der Waals surface area (Å²) in [6.45, 7) is 2.88. The van der Waals surface area contributed by atoms with Crippen molar-refractivity contribution in [2.45, 2.75) is 25.4 Å². The van der Waals surface area contributed by atoms with E-state index in [1.807, 2.05) is 48.5 Å². The monoisotopic (exact) mass is 490 g/mol. The van der Waals surface area contributed by atoms with Gasteiger partial charge in [-0.3, -0.25) is 9.69 Å². The van der Waals surface area contributed by atoms with Gasteiger partial charge in [0.2, 0.25) is 0 Å². The number of para-hydroxylation sites is 1. The summed E-state index contributed by atoms with van der Waals surface area (Å²) < 4.78 is 5.33. The molecule has 0 unspecified atom stereocenters. The van der Waals surface area contributed by atoms with Gasteiger partial charge in [-0.1, -0.05) is 48.5 Å². The molecule has 1 amide bonds. The Morgan fingerprint density at radius 2 is 1.70 bits per heavy atom. The number of likely N-dealkylation sites (tertiary alicyclic amines) is 1. The third kappa shape index (κ3) is 4.80. The standard InChI is InChI=1S/C31H30N4O2/c1-37-24-13-11-22(12-14-24)29-30-26(25-9-5-6-10-27(25)33-30)19-28(34-29)31(36)32-23-15-17-35(18-16-23)20-21-7-3-2-4-8-21/h2-14,19,23,33H,15-18,20H2,1H3,(H,32,36). The molecule has 3 aromatic carbocycles. The van der Waals surface area contributed by atoms with Crippen molar-refractivity contribution in [3.8, 4) is 17.0 Å². The highest BCUT2D eigenvalue weighted by molar-refractivity contribution is 6.13. The van der Waals surface area contributed by atoms with Gasteiger partial charge in [-0.2, -0.15) is 0 Å². The van der Waals surface area contributed by atoms with Crippen LogP contribution in [0.4, 0.5) is 0 Å². The van der Waals surface area contributed by atoms with Gasteiger partial charge in [-0.25, -0.2) is 4.98 Å². The Hall–Kier alpha value is -4.16. The van der Waals surface area contributed by atoms with E-state index in [2.05, 4.69) is 51.6 Å². The van der Waals surface area contributed by atoms with Crippen molar-refractivity contribution in [3.63, 3.8) is 0 Å². The van der Waals surface area contributed by atoms with Crippen molar-refractivity contribution in [2.24, 2.45) is 0 Å². The van der Waals surface area contributed by atoms with Gasteiger partial charge in [0.15, 0.2) is 0 Å². The van der Waals surface area contributed by atoms with Gasteiger partial charge in [0.05, 0.1) is 18.3 Å². The largest absolute Gasteiger partial charge is 0.497 e. The van der Waals surface area contributed by atoms with Crippen LogP contribution in [0.1, 0.15) is 28.9 Å². The van der Waals surface area contributed by atoms with Crippen LogP contribution in [-0.2, 0) is 6.54 Å². The molecular formula is C31H30N4O2. The third-order valence-corrected chi connectivity index (χ3v) is 7.26. The molecular weight excluding hydrogens is 460 g/mol. The number of methoxy groups -OCH3 is 1. The molecule has 0 spiro atoms. The molecule has 2 N–H and O–H groups in total. The fourth-order valence-electron chi connectivity index (χ4n) is 5.26. The number of carbonyl (C=O) groups is 1. The van der Waals surface area contributed by atoms with Crippen molar-refractivity contribution >= 4 is 27.7 Å². The van der Waals surface area contributed by atoms with E-state index in [9.17, 15) is 4.79 Å². The van der Waals surface area contributed by atoms with E-state index in [0.717, 1.165) is 71.3 Å². The molecule has 186 valence electrons. The Morgan fingerprint density at radius 3 is 2.46 bits per heavy atom. The van der Waals surface area contributed by atoms with E-state index in [1.165, 1.54) is 5.56 Å². The van der Waals surface area contributed by atoms with E-state index in [4.69, 9.17) is 9.72 Å². The van der Waals surface area contributed by atoms with E-state index in [1.54, 1.807) is 7.11 Å². The number of benzene rings is 3. The number of aromatic nitrogens is 2. The van der Waals surface area contributed by atoms with Crippen molar-refractivity contribution in [3.05, 3.63) is 96.2 Å². The Morgan fingerprint density at radius 1 is 0.973 bits per heavy atom. The summed E-state index contributed by atoms with van der Waals surface area (Å²) in [5.74, 6) is 0.660. The maximum Gasteiger partial charge on any atom is 0.270 e. The normalized spacial score (nSPS) is 14.7. The minimum Gasteiger partial charge on any atom is -0.497 e. The molecule has 1 aliphatic rings. The predicted octanol–water partition coefficient (Wildman–Crippen LogP) is 5.79. The summed E-state index contributed by atoms with van der Waals surface area (Å²) in [5, 5.41) is 5.34. The van der Waals surface area contributed by atoms with Crippen LogP contribution in [0.25, 0.3) is 33.1 Å². The molecule has 0 atom stereocenters. The zero-order valence-electron chi connectivity index (χ0n) is 20.9. The minimum atomic E-state index is -0.122. The number of aromatic amines is 1. The third-order valence-electron chi connectivity index (χ3n) is 7.26. The first kappa shape index (κ1) is 23.3. The highest BCUT2D eigenvalue weighted by atomic mass is 16.5. The number of hydrogen-bond acceptors (Lipinski definition) is 4. The number of amides is 1. The Labute approximate surface area is 216 Å². The summed E-state index contributed by atoms with van der Waals surface area (Å²) >= 11 is 0. The van der Waals surface area contributed by atoms with Crippen LogP contribution < -0.4 is 10.1 Å². The number of nitrogens with one attached hydrogen (secondary N) is 2. The fourth-order valence-corrected chi connectivity index (χ4v) is 5.26. The van der Waals surface area contributed by atoms with Crippen LogP contribution >= 0.6 is 0 Å². The molecule has 0 aliphatic carbocycles. The molecule has 0 radical (unpaired) electrons. The lowest BCUT2D eigenvalue weighted by molar-refractivity contribution is 0.0904. The topological polar surface area (TPSA) is 70.2 Å². The number of H-pyrrole nitrogens is 1. The zero-order valence-corrected chi connectivity index (χ0v) is 20.9. The summed E-state index contributed by atoms with van der Waals surface area (Å²) in [6, 6.07) is 28.6. The van der Waals surface area contributed by atoms with Crippen LogP contribution in [0, 0.1) is 0 Å². The van der Waals surface area contributed by atoms with Crippen molar-refractivity contribution in [2.75, 3.05) is 20.2 Å². The number of carbonyl (C=O) groups excluding carboxylic acids is 1. The molecule has 1 aliphatic heterocycles. The lowest BCUT2D eigenvalue weighted by Gasteiger charge is -2.32. The number of ether oxygens (including phenoxy) is 1. The molecule has 0 bridgehead atoms. The molecule has 6 rings (SSSR count). The lowest BCUT2D eigenvalue weighted by atomic mass is 10.0. The second-order valence-corrected chi connectivity index (χ2v) is 9.69. The van der Waals surface area contributed by atoms with Crippen molar-refractivity contribution in [1.82, 2.24) is 20.2 Å². The molecule has 6 nitrogen and oxygen atoms in total. The Balaban J connectivity index is 1.25. The Kier molecular flexibility index (Phi) is 6.33. The van der Waals surface area contributed by atoms with Gasteiger partial charge in [-0.05, 0) is 54.8 Å². The second-order valence-electron chi connectivity index (χ2n) is 9.69. The minimum absolute atomic E-state index is 0.122. The van der Waals surface area contributed by atoms with Gasteiger partial charge < -0.3 is 15.0 Å². The average Bonchev–Trinajstić information content (AvgIpc) is 3.33. The summed E-state index contributed by atoms with van der Waals surface area (Å²) in [5.41, 5.74) is 5.41. The average molecular weight is 491 g/mol. The fraction of sp³-hybridized carbons (Fsp3) is 0.226. The number of rotatable bonds is 6. The van der Waals surface area contributed by atoms with E-state index in [-0.39, 0.29) is 11.9 Å². The number of pyridine rings is 1.